The van der Waals surface area contributed by atoms with Gasteiger partial charge in [0, 0.05) is 24.4 Å². The van der Waals surface area contributed by atoms with Crippen LogP contribution in [0.1, 0.15) is 43.0 Å². The maximum Gasteiger partial charge on any atom is 0.243 e. The summed E-state index contributed by atoms with van der Waals surface area (Å²) in [7, 11) is 1.59. The molecule has 0 saturated carbocycles. The third-order valence-electron chi connectivity index (χ3n) is 4.21. The monoisotopic (exact) mass is 355 g/mol. The summed E-state index contributed by atoms with van der Waals surface area (Å²) in [6, 6.07) is 10.7. The predicted octanol–water partition coefficient (Wildman–Crippen LogP) is 1.89. The quantitative estimate of drug-likeness (QED) is 0.756. The van der Waals surface area contributed by atoms with Crippen LogP contribution >= 0.6 is 0 Å². The standard InChI is InChI=1S/C19H20N2O5/c1-25-14-6-2-5-13(11-14)15-12-16(17-7-4-10-26-17)21(20-15)18(22)8-3-9-19(23)24/h2,4-7,10-11,16H,3,8-9,12H2,1H3,(H,23,24)/p-1/t16-/m0/s1. The van der Waals surface area contributed by atoms with Gasteiger partial charge in [-0.3, -0.25) is 4.79 Å². The van der Waals surface area contributed by atoms with Crippen molar-refractivity contribution in [3.8, 4) is 5.75 Å². The van der Waals surface area contributed by atoms with Crippen molar-refractivity contribution < 1.29 is 23.8 Å². The lowest BCUT2D eigenvalue weighted by atomic mass is 10.0. The second kappa shape index (κ2) is 7.86. The summed E-state index contributed by atoms with van der Waals surface area (Å²) in [5.41, 5.74) is 1.62. The summed E-state index contributed by atoms with van der Waals surface area (Å²) >= 11 is 0. The van der Waals surface area contributed by atoms with Crippen molar-refractivity contribution in [2.24, 2.45) is 5.10 Å². The molecule has 0 aliphatic carbocycles. The van der Waals surface area contributed by atoms with Gasteiger partial charge in [-0.1, -0.05) is 12.1 Å². The van der Waals surface area contributed by atoms with E-state index in [-0.39, 0.29) is 31.2 Å². The van der Waals surface area contributed by atoms with Crippen molar-refractivity contribution in [2.45, 2.75) is 31.7 Å². The fraction of sp³-hybridized carbons (Fsp3) is 0.316. The van der Waals surface area contributed by atoms with Crippen LogP contribution in [0.2, 0.25) is 0 Å². The summed E-state index contributed by atoms with van der Waals surface area (Å²) in [5, 5.41) is 16.4. The van der Waals surface area contributed by atoms with E-state index in [1.54, 1.807) is 25.5 Å². The maximum atomic E-state index is 12.6. The van der Waals surface area contributed by atoms with Gasteiger partial charge in [-0.05, 0) is 37.1 Å². The minimum absolute atomic E-state index is 0.0834. The first-order chi connectivity index (χ1) is 12.6. The van der Waals surface area contributed by atoms with Gasteiger partial charge in [0.25, 0.3) is 0 Å². The summed E-state index contributed by atoms with van der Waals surface area (Å²) < 4.78 is 10.7. The first kappa shape index (κ1) is 17.7. The molecule has 3 rings (SSSR count). The summed E-state index contributed by atoms with van der Waals surface area (Å²) in [6.45, 7) is 0. The highest BCUT2D eigenvalue weighted by Crippen LogP contribution is 2.34. The number of hydrogen-bond acceptors (Lipinski definition) is 6. The Morgan fingerprint density at radius 2 is 2.15 bits per heavy atom. The van der Waals surface area contributed by atoms with Gasteiger partial charge in [-0.25, -0.2) is 5.01 Å². The number of carbonyl (C=O) groups is 2. The molecule has 0 unspecified atom stereocenters. The van der Waals surface area contributed by atoms with Gasteiger partial charge in [0.05, 0.1) is 19.1 Å². The smallest absolute Gasteiger partial charge is 0.243 e. The molecule has 1 atom stereocenters. The average molecular weight is 355 g/mol. The second-order valence-corrected chi connectivity index (χ2v) is 5.98. The maximum absolute atomic E-state index is 12.6. The molecule has 0 saturated heterocycles. The number of benzene rings is 1. The average Bonchev–Trinajstić information content (AvgIpc) is 3.30. The lowest BCUT2D eigenvalue weighted by Crippen LogP contribution is -2.27. The first-order valence-corrected chi connectivity index (χ1v) is 8.35. The van der Waals surface area contributed by atoms with Crippen LogP contribution in [0.4, 0.5) is 0 Å². The van der Waals surface area contributed by atoms with Gasteiger partial charge in [0.1, 0.15) is 17.6 Å². The molecule has 2 heterocycles. The SMILES string of the molecule is COc1cccc(C2=NN(C(=O)CCCC(=O)[O-])[C@H](c3ccco3)C2)c1. The Kier molecular flexibility index (Phi) is 5.36. The number of hydrazone groups is 1. The van der Waals surface area contributed by atoms with Crippen molar-refractivity contribution >= 4 is 17.6 Å². The molecule has 0 N–H and O–H groups in total. The molecule has 26 heavy (non-hydrogen) atoms. The lowest BCUT2D eigenvalue weighted by Gasteiger charge is -2.19. The molecule has 0 spiro atoms. The molecule has 1 aliphatic heterocycles. The number of methoxy groups -OCH3 is 1. The minimum atomic E-state index is -1.16. The van der Waals surface area contributed by atoms with E-state index in [1.807, 2.05) is 24.3 Å². The fourth-order valence-electron chi connectivity index (χ4n) is 2.92. The first-order valence-electron chi connectivity index (χ1n) is 8.35. The van der Waals surface area contributed by atoms with E-state index >= 15 is 0 Å². The molecule has 1 aromatic carbocycles. The number of rotatable bonds is 7. The molecular weight excluding hydrogens is 336 g/mol. The summed E-state index contributed by atoms with van der Waals surface area (Å²) in [4.78, 5) is 23.1. The topological polar surface area (TPSA) is 95.2 Å². The van der Waals surface area contributed by atoms with Crippen LogP contribution in [-0.2, 0) is 9.59 Å². The van der Waals surface area contributed by atoms with Crippen LogP contribution in [0.25, 0.3) is 0 Å². The van der Waals surface area contributed by atoms with Crippen molar-refractivity contribution in [3.05, 3.63) is 54.0 Å². The lowest BCUT2D eigenvalue weighted by molar-refractivity contribution is -0.305. The highest BCUT2D eigenvalue weighted by molar-refractivity contribution is 6.03. The number of aliphatic carboxylic acids is 1. The molecule has 1 aliphatic rings. The number of amides is 1. The molecule has 0 bridgehead atoms. The number of carbonyl (C=O) groups excluding carboxylic acids is 2. The molecular formula is C19H19N2O5-. The van der Waals surface area contributed by atoms with Crippen molar-refractivity contribution in [3.63, 3.8) is 0 Å². The zero-order chi connectivity index (χ0) is 18.5. The van der Waals surface area contributed by atoms with Crippen LogP contribution in [0.3, 0.4) is 0 Å². The number of carboxylic acids is 1. The van der Waals surface area contributed by atoms with Crippen LogP contribution in [-0.4, -0.2) is 29.7 Å². The highest BCUT2D eigenvalue weighted by atomic mass is 16.5. The number of hydrogen-bond donors (Lipinski definition) is 0. The van der Waals surface area contributed by atoms with Crippen molar-refractivity contribution in [1.82, 2.24) is 5.01 Å². The molecule has 1 amide bonds. The molecule has 0 fully saturated rings. The Labute approximate surface area is 150 Å². The van der Waals surface area contributed by atoms with Gasteiger partial charge in [0.15, 0.2) is 0 Å². The van der Waals surface area contributed by atoms with Crippen LogP contribution in [0, 0.1) is 0 Å². The predicted molar refractivity (Wildman–Crippen MR) is 91.3 cm³/mol. The summed E-state index contributed by atoms with van der Waals surface area (Å²) in [6.07, 6.45) is 2.20. The van der Waals surface area contributed by atoms with Crippen LogP contribution in [0.15, 0.2) is 52.2 Å². The Bertz CT molecular complexity index is 813. The number of nitrogens with zero attached hydrogens (tertiary/aromatic N) is 2. The zero-order valence-corrected chi connectivity index (χ0v) is 14.4. The van der Waals surface area contributed by atoms with Gasteiger partial charge in [0.2, 0.25) is 5.91 Å². The molecule has 136 valence electrons. The third-order valence-corrected chi connectivity index (χ3v) is 4.21. The van der Waals surface area contributed by atoms with Gasteiger partial charge < -0.3 is 19.1 Å². The number of ether oxygens (including phenoxy) is 1. The second-order valence-electron chi connectivity index (χ2n) is 5.98. The Morgan fingerprint density at radius 3 is 2.85 bits per heavy atom. The Hall–Kier alpha value is -3.09. The van der Waals surface area contributed by atoms with Crippen molar-refractivity contribution in [1.29, 1.82) is 0 Å². The van der Waals surface area contributed by atoms with Crippen LogP contribution < -0.4 is 9.84 Å². The highest BCUT2D eigenvalue weighted by Gasteiger charge is 2.34. The van der Waals surface area contributed by atoms with E-state index in [4.69, 9.17) is 9.15 Å². The molecule has 1 aromatic heterocycles. The van der Waals surface area contributed by atoms with Crippen LogP contribution in [0.5, 0.6) is 5.75 Å². The van der Waals surface area contributed by atoms with E-state index in [9.17, 15) is 14.7 Å². The molecule has 7 nitrogen and oxygen atoms in total. The van der Waals surface area contributed by atoms with E-state index in [0.717, 1.165) is 11.3 Å². The van der Waals surface area contributed by atoms with E-state index in [1.165, 1.54) is 5.01 Å². The largest absolute Gasteiger partial charge is 0.550 e. The fourth-order valence-corrected chi connectivity index (χ4v) is 2.92. The number of furan rings is 1. The Balaban J connectivity index is 1.83. The van der Waals surface area contributed by atoms with Gasteiger partial charge in [-0.15, -0.1) is 0 Å². The zero-order valence-electron chi connectivity index (χ0n) is 14.4. The van der Waals surface area contributed by atoms with Gasteiger partial charge in [-0.2, -0.15) is 5.10 Å². The normalized spacial score (nSPS) is 16.4. The van der Waals surface area contributed by atoms with E-state index in [0.29, 0.717) is 17.9 Å². The molecule has 2 aromatic rings. The minimum Gasteiger partial charge on any atom is -0.550 e. The van der Waals surface area contributed by atoms with E-state index in [2.05, 4.69) is 5.10 Å². The van der Waals surface area contributed by atoms with Crippen molar-refractivity contribution in [2.75, 3.05) is 7.11 Å². The number of carboxylic acid groups (broad SMARTS) is 1. The third kappa shape index (κ3) is 3.93. The Morgan fingerprint density at radius 1 is 1.31 bits per heavy atom. The van der Waals surface area contributed by atoms with E-state index < -0.39 is 5.97 Å². The molecule has 0 radical (unpaired) electrons. The van der Waals surface area contributed by atoms with Gasteiger partial charge >= 0.3 is 0 Å². The molecule has 7 heteroatoms. The summed E-state index contributed by atoms with van der Waals surface area (Å²) in [5.74, 6) is -0.0636.